The second-order valence-corrected chi connectivity index (χ2v) is 8.41. The number of carbonyl (C=O) groups excluding carboxylic acids is 4. The van der Waals surface area contributed by atoms with E-state index in [0.29, 0.717) is 51.7 Å². The van der Waals surface area contributed by atoms with Gasteiger partial charge in [0.05, 0.1) is 12.5 Å². The normalized spacial score (nSPS) is 17.9. The van der Waals surface area contributed by atoms with Gasteiger partial charge in [-0.25, -0.2) is 4.79 Å². The van der Waals surface area contributed by atoms with Gasteiger partial charge in [-0.3, -0.25) is 19.2 Å². The van der Waals surface area contributed by atoms with Crippen LogP contribution in [0.3, 0.4) is 0 Å². The molecule has 0 bridgehead atoms. The van der Waals surface area contributed by atoms with Gasteiger partial charge >= 0.3 is 5.97 Å². The summed E-state index contributed by atoms with van der Waals surface area (Å²) in [6, 6.07) is -3.96. The van der Waals surface area contributed by atoms with Crippen molar-refractivity contribution in [1.29, 1.82) is 0 Å². The van der Waals surface area contributed by atoms with Crippen LogP contribution >= 0.6 is 0 Å². The van der Waals surface area contributed by atoms with Crippen molar-refractivity contribution in [2.45, 2.75) is 82.0 Å². The molecule has 13 heteroatoms. The van der Waals surface area contributed by atoms with E-state index in [2.05, 4.69) is 21.3 Å². The van der Waals surface area contributed by atoms with Gasteiger partial charge in [0, 0.05) is 0 Å². The first kappa shape index (κ1) is 29.3. The van der Waals surface area contributed by atoms with Gasteiger partial charge in [-0.15, -0.1) is 0 Å². The molecule has 4 unspecified atom stereocenters. The van der Waals surface area contributed by atoms with Crippen molar-refractivity contribution in [2.24, 2.45) is 17.2 Å². The van der Waals surface area contributed by atoms with Crippen LogP contribution in [0.4, 0.5) is 0 Å². The van der Waals surface area contributed by atoms with Crippen LogP contribution in [0.25, 0.3) is 0 Å². The molecule has 1 aliphatic heterocycles. The predicted molar refractivity (Wildman–Crippen MR) is 124 cm³/mol. The fourth-order valence-electron chi connectivity index (χ4n) is 3.65. The van der Waals surface area contributed by atoms with Crippen LogP contribution in [0.15, 0.2) is 0 Å². The highest BCUT2D eigenvalue weighted by atomic mass is 16.4. The Hall–Kier alpha value is -2.77. The standard InChI is InChI=1S/C21H39N7O6/c22-9-3-1-6-14(26-18(30)13-8-5-11-25-13)19(31)28-16(12-17(24)29)20(32)27-15(21(33)34)7-2-4-10-23/h13-16,25H,1-12,22-23H2,(H2,24,29)(H,26,30)(H,27,32)(H,28,31)(H,33,34). The Labute approximate surface area is 199 Å². The molecule has 0 aromatic heterocycles. The van der Waals surface area contributed by atoms with Crippen LogP contribution in [0.5, 0.6) is 0 Å². The minimum Gasteiger partial charge on any atom is -0.480 e. The number of unbranched alkanes of at least 4 members (excludes halogenated alkanes) is 2. The van der Waals surface area contributed by atoms with Gasteiger partial charge in [0.2, 0.25) is 23.6 Å². The van der Waals surface area contributed by atoms with E-state index in [1.54, 1.807) is 0 Å². The third kappa shape index (κ3) is 10.9. The zero-order valence-electron chi connectivity index (χ0n) is 19.5. The number of nitrogens with two attached hydrogens (primary N) is 3. The number of carboxylic acid groups (broad SMARTS) is 1. The van der Waals surface area contributed by atoms with Crippen molar-refractivity contribution in [2.75, 3.05) is 19.6 Å². The summed E-state index contributed by atoms with van der Waals surface area (Å²) in [5.41, 5.74) is 16.2. The molecule has 1 rings (SSSR count). The molecule has 0 aromatic carbocycles. The molecular weight excluding hydrogens is 446 g/mol. The Kier molecular flexibility index (Phi) is 13.7. The van der Waals surface area contributed by atoms with Gasteiger partial charge in [0.25, 0.3) is 0 Å². The quantitative estimate of drug-likeness (QED) is 0.101. The second-order valence-electron chi connectivity index (χ2n) is 8.41. The molecule has 13 nitrogen and oxygen atoms in total. The fourth-order valence-corrected chi connectivity index (χ4v) is 3.65. The second kappa shape index (κ2) is 16.0. The zero-order chi connectivity index (χ0) is 25.5. The smallest absolute Gasteiger partial charge is 0.326 e. The number of carboxylic acids is 1. The molecule has 0 radical (unpaired) electrons. The minimum atomic E-state index is -1.39. The highest BCUT2D eigenvalue weighted by Gasteiger charge is 2.32. The summed E-state index contributed by atoms with van der Waals surface area (Å²) >= 11 is 0. The van der Waals surface area contributed by atoms with E-state index in [1.807, 2.05) is 0 Å². The Morgan fingerprint density at radius 1 is 0.853 bits per heavy atom. The topological polar surface area (TPSA) is 232 Å². The zero-order valence-corrected chi connectivity index (χ0v) is 19.5. The number of aliphatic carboxylic acids is 1. The molecule has 1 saturated heterocycles. The number of hydrogen-bond acceptors (Lipinski definition) is 8. The lowest BCUT2D eigenvalue weighted by Gasteiger charge is -2.25. The van der Waals surface area contributed by atoms with Crippen LogP contribution < -0.4 is 38.5 Å². The molecule has 1 aliphatic rings. The summed E-state index contributed by atoms with van der Waals surface area (Å²) in [5.74, 6) is -3.94. The SMILES string of the molecule is NCCCCC(NC(=O)C(CC(N)=O)NC(=O)C(CCCCN)NC(=O)C1CCCN1)C(=O)O. The van der Waals surface area contributed by atoms with Gasteiger partial charge in [0.1, 0.15) is 18.1 Å². The molecule has 1 heterocycles. The van der Waals surface area contributed by atoms with E-state index in [4.69, 9.17) is 17.2 Å². The average Bonchev–Trinajstić information content (AvgIpc) is 3.32. The molecule has 4 atom stereocenters. The largest absolute Gasteiger partial charge is 0.480 e. The summed E-state index contributed by atoms with van der Waals surface area (Å²) in [6.45, 7) is 1.51. The Morgan fingerprint density at radius 3 is 1.91 bits per heavy atom. The van der Waals surface area contributed by atoms with Crippen LogP contribution in [0.2, 0.25) is 0 Å². The Morgan fingerprint density at radius 2 is 1.41 bits per heavy atom. The first-order valence-electron chi connectivity index (χ1n) is 11.7. The lowest BCUT2D eigenvalue weighted by molar-refractivity contribution is -0.142. The summed E-state index contributed by atoms with van der Waals surface area (Å²) in [4.78, 5) is 61.3. The summed E-state index contributed by atoms with van der Waals surface area (Å²) in [7, 11) is 0. The molecule has 1 fully saturated rings. The third-order valence-electron chi connectivity index (χ3n) is 5.56. The number of amides is 4. The maximum Gasteiger partial charge on any atom is 0.326 e. The highest BCUT2D eigenvalue weighted by Crippen LogP contribution is 2.08. The molecule has 34 heavy (non-hydrogen) atoms. The van der Waals surface area contributed by atoms with Crippen LogP contribution in [-0.4, -0.2) is 78.5 Å². The molecule has 194 valence electrons. The molecule has 0 aliphatic carbocycles. The van der Waals surface area contributed by atoms with Crippen molar-refractivity contribution < 1.29 is 29.1 Å². The molecule has 0 saturated carbocycles. The third-order valence-corrected chi connectivity index (χ3v) is 5.56. The number of hydrogen-bond donors (Lipinski definition) is 8. The Bertz CT molecular complexity index is 699. The average molecular weight is 486 g/mol. The van der Waals surface area contributed by atoms with Crippen molar-refractivity contribution in [3.8, 4) is 0 Å². The first-order chi connectivity index (χ1) is 16.2. The molecule has 11 N–H and O–H groups in total. The van der Waals surface area contributed by atoms with Crippen LogP contribution in [0, 0.1) is 0 Å². The van der Waals surface area contributed by atoms with Gasteiger partial charge in [-0.05, 0) is 71.0 Å². The van der Waals surface area contributed by atoms with E-state index in [-0.39, 0.29) is 18.7 Å². The first-order valence-corrected chi connectivity index (χ1v) is 11.7. The highest BCUT2D eigenvalue weighted by molar-refractivity contribution is 5.96. The fraction of sp³-hybridized carbons (Fsp3) is 0.762. The van der Waals surface area contributed by atoms with E-state index in [9.17, 15) is 29.1 Å². The van der Waals surface area contributed by atoms with Gasteiger partial charge in [0.15, 0.2) is 0 Å². The van der Waals surface area contributed by atoms with Crippen molar-refractivity contribution in [3.05, 3.63) is 0 Å². The van der Waals surface area contributed by atoms with E-state index >= 15 is 0 Å². The van der Waals surface area contributed by atoms with Crippen molar-refractivity contribution in [1.82, 2.24) is 21.3 Å². The van der Waals surface area contributed by atoms with E-state index in [1.165, 1.54) is 0 Å². The predicted octanol–water partition coefficient (Wildman–Crippen LogP) is -2.59. The van der Waals surface area contributed by atoms with Crippen LogP contribution in [0.1, 0.15) is 57.8 Å². The molecule has 0 aromatic rings. The number of rotatable bonds is 17. The number of primary amides is 1. The number of carbonyl (C=O) groups is 5. The minimum absolute atomic E-state index is 0.141. The maximum atomic E-state index is 13.0. The summed E-state index contributed by atoms with van der Waals surface area (Å²) in [6.07, 6.45) is 3.64. The monoisotopic (exact) mass is 485 g/mol. The molecule has 4 amide bonds. The summed E-state index contributed by atoms with van der Waals surface area (Å²) in [5, 5.41) is 19.9. The Balaban J connectivity index is 2.88. The van der Waals surface area contributed by atoms with E-state index < -0.39 is 54.3 Å². The van der Waals surface area contributed by atoms with Gasteiger partial charge in [-0.1, -0.05) is 0 Å². The number of nitrogens with one attached hydrogen (secondary N) is 4. The molecule has 0 spiro atoms. The van der Waals surface area contributed by atoms with Gasteiger partial charge in [-0.2, -0.15) is 0 Å². The van der Waals surface area contributed by atoms with Crippen molar-refractivity contribution in [3.63, 3.8) is 0 Å². The van der Waals surface area contributed by atoms with E-state index in [0.717, 1.165) is 6.42 Å². The lowest BCUT2D eigenvalue weighted by atomic mass is 10.1. The lowest BCUT2D eigenvalue weighted by Crippen LogP contribution is -2.57. The molecular formula is C21H39N7O6. The summed E-state index contributed by atoms with van der Waals surface area (Å²) < 4.78 is 0. The van der Waals surface area contributed by atoms with Crippen LogP contribution in [-0.2, 0) is 24.0 Å². The maximum absolute atomic E-state index is 13.0. The van der Waals surface area contributed by atoms with Crippen molar-refractivity contribution >= 4 is 29.6 Å². The van der Waals surface area contributed by atoms with Gasteiger partial charge < -0.3 is 43.6 Å².